The van der Waals surface area contributed by atoms with E-state index >= 15 is 0 Å². The lowest BCUT2D eigenvalue weighted by Gasteiger charge is -2.19. The molecule has 0 aliphatic heterocycles. The van der Waals surface area contributed by atoms with Gasteiger partial charge in [-0.2, -0.15) is 0 Å². The Morgan fingerprint density at radius 2 is 1.81 bits per heavy atom. The van der Waals surface area contributed by atoms with Gasteiger partial charge in [0, 0.05) is 12.1 Å². The van der Waals surface area contributed by atoms with Crippen LogP contribution in [0.3, 0.4) is 0 Å². The minimum absolute atomic E-state index is 0.0714. The van der Waals surface area contributed by atoms with Gasteiger partial charge in [0.15, 0.2) is 0 Å². The van der Waals surface area contributed by atoms with Crippen molar-refractivity contribution in [1.29, 1.82) is 0 Å². The molecule has 0 saturated heterocycles. The lowest BCUT2D eigenvalue weighted by atomic mass is 9.87. The molecule has 0 heterocycles. The summed E-state index contributed by atoms with van der Waals surface area (Å²) in [6.45, 7) is 7.03. The molecule has 0 radical (unpaired) electrons. The average molecular weight is 376 g/mol. The van der Waals surface area contributed by atoms with E-state index in [1.165, 1.54) is 5.56 Å². The Balaban J connectivity index is 1.74. The summed E-state index contributed by atoms with van der Waals surface area (Å²) in [5, 5.41) is 3.29. The van der Waals surface area contributed by atoms with Crippen LogP contribution in [0.5, 0.6) is 11.5 Å². The third kappa shape index (κ3) is 5.95. The summed E-state index contributed by atoms with van der Waals surface area (Å²) in [4.78, 5) is 12.0. The van der Waals surface area contributed by atoms with E-state index in [9.17, 15) is 4.79 Å². The number of nitrogens with one attached hydrogen (secondary N) is 1. The smallest absolute Gasteiger partial charge is 0.224 e. The fraction of sp³-hybridized carbons (Fsp3) is 0.381. The van der Waals surface area contributed by atoms with Crippen LogP contribution in [0, 0.1) is 0 Å². The SMILES string of the molecule is COc1ccc(NC(=O)CCCOc2ccc(C(C)(C)C)cc2)cc1Cl. The summed E-state index contributed by atoms with van der Waals surface area (Å²) in [7, 11) is 1.55. The van der Waals surface area contributed by atoms with Gasteiger partial charge in [-0.25, -0.2) is 0 Å². The van der Waals surface area contributed by atoms with Gasteiger partial charge in [0.05, 0.1) is 18.7 Å². The first-order chi connectivity index (χ1) is 12.3. The van der Waals surface area contributed by atoms with E-state index in [1.54, 1.807) is 25.3 Å². The summed E-state index contributed by atoms with van der Waals surface area (Å²) in [5.41, 5.74) is 2.04. The second-order valence-corrected chi connectivity index (χ2v) is 7.53. The Hall–Kier alpha value is -2.20. The molecular weight excluding hydrogens is 350 g/mol. The zero-order chi connectivity index (χ0) is 19.2. The normalized spacial score (nSPS) is 11.1. The molecule has 0 fully saturated rings. The standard InChI is InChI=1S/C21H26ClNO3/c1-21(2,3)15-7-10-17(11-8-15)26-13-5-6-20(24)23-16-9-12-19(25-4)18(22)14-16/h7-12,14H,5-6,13H2,1-4H3,(H,23,24). The molecule has 5 heteroatoms. The lowest BCUT2D eigenvalue weighted by molar-refractivity contribution is -0.116. The zero-order valence-electron chi connectivity index (χ0n) is 15.8. The Kier molecular flexibility index (Phi) is 6.92. The van der Waals surface area contributed by atoms with Crippen molar-refractivity contribution < 1.29 is 14.3 Å². The molecule has 1 amide bonds. The van der Waals surface area contributed by atoms with Crippen LogP contribution in [0.1, 0.15) is 39.2 Å². The summed E-state index contributed by atoms with van der Waals surface area (Å²) >= 11 is 6.05. The fourth-order valence-electron chi connectivity index (χ4n) is 2.44. The first-order valence-electron chi connectivity index (χ1n) is 8.66. The highest BCUT2D eigenvalue weighted by atomic mass is 35.5. The van der Waals surface area contributed by atoms with Crippen molar-refractivity contribution in [2.45, 2.75) is 39.0 Å². The van der Waals surface area contributed by atoms with E-state index in [4.69, 9.17) is 21.1 Å². The molecule has 0 aliphatic rings. The van der Waals surface area contributed by atoms with Crippen molar-refractivity contribution >= 4 is 23.2 Å². The number of methoxy groups -OCH3 is 1. The van der Waals surface area contributed by atoms with E-state index in [0.717, 1.165) is 5.75 Å². The molecule has 0 saturated carbocycles. The van der Waals surface area contributed by atoms with Crippen LogP contribution in [-0.4, -0.2) is 19.6 Å². The van der Waals surface area contributed by atoms with Gasteiger partial charge in [-0.3, -0.25) is 4.79 Å². The van der Waals surface area contributed by atoms with Gasteiger partial charge in [0.25, 0.3) is 0 Å². The Bertz CT molecular complexity index is 736. The van der Waals surface area contributed by atoms with Crippen molar-refractivity contribution in [3.05, 3.63) is 53.1 Å². The second kappa shape index (κ2) is 8.95. The molecule has 0 aromatic heterocycles. The predicted octanol–water partition coefficient (Wildman–Crippen LogP) is 5.44. The van der Waals surface area contributed by atoms with E-state index in [2.05, 4.69) is 38.2 Å². The maximum Gasteiger partial charge on any atom is 0.224 e. The molecule has 0 unspecified atom stereocenters. The van der Waals surface area contributed by atoms with Gasteiger partial charge in [0.1, 0.15) is 11.5 Å². The van der Waals surface area contributed by atoms with E-state index in [1.807, 2.05) is 12.1 Å². The number of hydrogen-bond donors (Lipinski definition) is 1. The highest BCUT2D eigenvalue weighted by Crippen LogP contribution is 2.27. The van der Waals surface area contributed by atoms with E-state index < -0.39 is 0 Å². The van der Waals surface area contributed by atoms with Gasteiger partial charge in [0.2, 0.25) is 5.91 Å². The van der Waals surface area contributed by atoms with Crippen molar-refractivity contribution in [2.75, 3.05) is 19.0 Å². The average Bonchev–Trinajstić information content (AvgIpc) is 2.58. The molecule has 0 atom stereocenters. The summed E-state index contributed by atoms with van der Waals surface area (Å²) < 4.78 is 10.8. The molecule has 0 aliphatic carbocycles. The van der Waals surface area contributed by atoms with Crippen LogP contribution >= 0.6 is 11.6 Å². The lowest BCUT2D eigenvalue weighted by Crippen LogP contribution is -2.13. The number of ether oxygens (including phenoxy) is 2. The van der Waals surface area contributed by atoms with Crippen molar-refractivity contribution in [3.63, 3.8) is 0 Å². The predicted molar refractivity (Wildman–Crippen MR) is 107 cm³/mol. The largest absolute Gasteiger partial charge is 0.495 e. The number of amides is 1. The van der Waals surface area contributed by atoms with E-state index in [0.29, 0.717) is 35.9 Å². The van der Waals surface area contributed by atoms with Crippen molar-refractivity contribution in [3.8, 4) is 11.5 Å². The first-order valence-corrected chi connectivity index (χ1v) is 9.04. The number of benzene rings is 2. The summed E-state index contributed by atoms with van der Waals surface area (Å²) in [5.74, 6) is 1.33. The minimum Gasteiger partial charge on any atom is -0.495 e. The zero-order valence-corrected chi connectivity index (χ0v) is 16.5. The first kappa shape index (κ1) is 20.1. The Morgan fingerprint density at radius 1 is 1.12 bits per heavy atom. The molecule has 2 aromatic rings. The van der Waals surface area contributed by atoms with Crippen LogP contribution < -0.4 is 14.8 Å². The number of halogens is 1. The molecule has 2 aromatic carbocycles. The topological polar surface area (TPSA) is 47.6 Å². The number of hydrogen-bond acceptors (Lipinski definition) is 3. The highest BCUT2D eigenvalue weighted by Gasteiger charge is 2.13. The molecule has 140 valence electrons. The molecule has 4 nitrogen and oxygen atoms in total. The molecule has 26 heavy (non-hydrogen) atoms. The van der Waals surface area contributed by atoms with Crippen molar-refractivity contribution in [2.24, 2.45) is 0 Å². The van der Waals surface area contributed by atoms with Gasteiger partial charge in [-0.05, 0) is 47.7 Å². The Morgan fingerprint density at radius 3 is 2.38 bits per heavy atom. The number of anilines is 1. The minimum atomic E-state index is -0.0714. The quantitative estimate of drug-likeness (QED) is 0.655. The summed E-state index contributed by atoms with van der Waals surface area (Å²) in [6.07, 6.45) is 1.01. The molecule has 0 bridgehead atoms. The van der Waals surface area contributed by atoms with Gasteiger partial charge in [-0.15, -0.1) is 0 Å². The monoisotopic (exact) mass is 375 g/mol. The highest BCUT2D eigenvalue weighted by molar-refractivity contribution is 6.32. The van der Waals surface area contributed by atoms with Crippen molar-refractivity contribution in [1.82, 2.24) is 0 Å². The maximum absolute atomic E-state index is 12.0. The number of carbonyl (C=O) groups is 1. The number of rotatable bonds is 7. The second-order valence-electron chi connectivity index (χ2n) is 7.12. The summed E-state index contributed by atoms with van der Waals surface area (Å²) in [6, 6.07) is 13.3. The van der Waals surface area contributed by atoms with Gasteiger partial charge >= 0.3 is 0 Å². The molecule has 1 N–H and O–H groups in total. The van der Waals surface area contributed by atoms with Crippen LogP contribution in [0.4, 0.5) is 5.69 Å². The molecule has 2 rings (SSSR count). The van der Waals surface area contributed by atoms with E-state index in [-0.39, 0.29) is 11.3 Å². The van der Waals surface area contributed by atoms with Crippen LogP contribution in [0.25, 0.3) is 0 Å². The number of carbonyl (C=O) groups excluding carboxylic acids is 1. The van der Waals surface area contributed by atoms with Crippen LogP contribution in [-0.2, 0) is 10.2 Å². The van der Waals surface area contributed by atoms with Gasteiger partial charge < -0.3 is 14.8 Å². The van der Waals surface area contributed by atoms with Crippen LogP contribution in [0.2, 0.25) is 5.02 Å². The van der Waals surface area contributed by atoms with Crippen LogP contribution in [0.15, 0.2) is 42.5 Å². The molecular formula is C21H26ClNO3. The third-order valence-corrected chi connectivity index (χ3v) is 4.27. The fourth-order valence-corrected chi connectivity index (χ4v) is 2.70. The van der Waals surface area contributed by atoms with Gasteiger partial charge in [-0.1, -0.05) is 44.5 Å². The molecule has 0 spiro atoms. The maximum atomic E-state index is 12.0. The third-order valence-electron chi connectivity index (χ3n) is 3.97. The Labute approximate surface area is 160 Å².